The summed E-state index contributed by atoms with van der Waals surface area (Å²) in [7, 11) is 0. The molecule has 3 nitrogen and oxygen atoms in total. The van der Waals surface area contributed by atoms with Gasteiger partial charge in [-0.15, -0.1) is 0 Å². The van der Waals surface area contributed by atoms with Crippen LogP contribution in [0.5, 0.6) is 0 Å². The highest BCUT2D eigenvalue weighted by molar-refractivity contribution is 5.57. The number of nitrogen functional groups attached to an aromatic ring is 1. The third-order valence-corrected chi connectivity index (χ3v) is 3.93. The molecule has 0 bridgehead atoms. The van der Waals surface area contributed by atoms with Crippen LogP contribution in [0, 0.1) is 12.8 Å². The highest BCUT2D eigenvalue weighted by atomic mass is 16.3. The highest BCUT2D eigenvalue weighted by Gasteiger charge is 2.32. The summed E-state index contributed by atoms with van der Waals surface area (Å²) in [5, 5.41) is 13.9. The van der Waals surface area contributed by atoms with Crippen LogP contribution >= 0.6 is 0 Å². The summed E-state index contributed by atoms with van der Waals surface area (Å²) in [5.74, 6) is 0.623. The number of benzene rings is 1. The molecule has 3 heteroatoms. The van der Waals surface area contributed by atoms with Crippen molar-refractivity contribution < 1.29 is 5.11 Å². The van der Waals surface area contributed by atoms with E-state index in [0.29, 0.717) is 12.5 Å². The molecule has 0 amide bonds. The van der Waals surface area contributed by atoms with Gasteiger partial charge in [0.15, 0.2) is 0 Å². The maximum Gasteiger partial charge on any atom is 0.0821 e. The fourth-order valence-electron chi connectivity index (χ4n) is 2.94. The predicted molar refractivity (Wildman–Crippen MR) is 76.7 cm³/mol. The molecule has 2 rings (SSSR count). The summed E-state index contributed by atoms with van der Waals surface area (Å²) in [6, 6.07) is 5.83. The van der Waals surface area contributed by atoms with Crippen molar-refractivity contribution in [1.82, 2.24) is 0 Å². The van der Waals surface area contributed by atoms with Crippen LogP contribution in [0.2, 0.25) is 0 Å². The molecule has 2 unspecified atom stereocenters. The molecule has 4 N–H and O–H groups in total. The van der Waals surface area contributed by atoms with Crippen molar-refractivity contribution in [3.05, 3.63) is 23.8 Å². The number of aliphatic hydroxyl groups is 1. The number of nitrogens with two attached hydrogens (primary N) is 1. The fraction of sp³-hybridized carbons (Fsp3) is 0.600. The van der Waals surface area contributed by atoms with Gasteiger partial charge in [0.1, 0.15) is 0 Å². The zero-order valence-electron chi connectivity index (χ0n) is 11.4. The Morgan fingerprint density at radius 2 is 2.28 bits per heavy atom. The first-order valence-corrected chi connectivity index (χ1v) is 6.81. The maximum atomic E-state index is 10.6. The summed E-state index contributed by atoms with van der Waals surface area (Å²) >= 11 is 0. The molecule has 1 aliphatic carbocycles. The fourth-order valence-corrected chi connectivity index (χ4v) is 2.94. The van der Waals surface area contributed by atoms with Crippen molar-refractivity contribution in [3.8, 4) is 0 Å². The zero-order valence-corrected chi connectivity index (χ0v) is 11.4. The second kappa shape index (κ2) is 5.19. The lowest BCUT2D eigenvalue weighted by molar-refractivity contribution is -0.000765. The Balaban J connectivity index is 1.98. The molecular formula is C15H24N2O. The minimum atomic E-state index is -0.550. The summed E-state index contributed by atoms with van der Waals surface area (Å²) < 4.78 is 0. The molecule has 0 aromatic heterocycles. The monoisotopic (exact) mass is 248 g/mol. The van der Waals surface area contributed by atoms with Crippen LogP contribution in [0.3, 0.4) is 0 Å². The smallest absolute Gasteiger partial charge is 0.0821 e. The first kappa shape index (κ1) is 13.2. The van der Waals surface area contributed by atoms with Gasteiger partial charge >= 0.3 is 0 Å². The average molecular weight is 248 g/mol. The molecule has 1 fully saturated rings. The maximum absolute atomic E-state index is 10.6. The van der Waals surface area contributed by atoms with Crippen molar-refractivity contribution in [2.45, 2.75) is 45.1 Å². The minimum absolute atomic E-state index is 0.550. The second-order valence-corrected chi connectivity index (χ2v) is 5.85. The quantitative estimate of drug-likeness (QED) is 0.721. The molecule has 100 valence electrons. The lowest BCUT2D eigenvalue weighted by atomic mass is 9.79. The predicted octanol–water partition coefficient (Wildman–Crippen LogP) is 2.93. The molecule has 18 heavy (non-hydrogen) atoms. The van der Waals surface area contributed by atoms with Crippen molar-refractivity contribution in [3.63, 3.8) is 0 Å². The summed E-state index contributed by atoms with van der Waals surface area (Å²) in [5.41, 5.74) is 8.16. The molecule has 0 heterocycles. The Labute approximate surface area is 109 Å². The highest BCUT2D eigenvalue weighted by Crippen LogP contribution is 2.32. The van der Waals surface area contributed by atoms with Crippen molar-refractivity contribution in [1.29, 1.82) is 0 Å². The largest absolute Gasteiger partial charge is 0.399 e. The van der Waals surface area contributed by atoms with Gasteiger partial charge in [0.25, 0.3) is 0 Å². The molecule has 2 atom stereocenters. The van der Waals surface area contributed by atoms with E-state index < -0.39 is 5.60 Å². The molecular weight excluding hydrogens is 224 g/mol. The lowest BCUT2D eigenvalue weighted by Crippen LogP contribution is -2.41. The van der Waals surface area contributed by atoms with Crippen molar-refractivity contribution in [2.24, 2.45) is 5.92 Å². The van der Waals surface area contributed by atoms with Crippen molar-refractivity contribution >= 4 is 11.4 Å². The van der Waals surface area contributed by atoms with Crippen LogP contribution in [0.4, 0.5) is 11.4 Å². The molecule has 1 saturated carbocycles. The SMILES string of the molecule is Cc1cc(N)ccc1NCC1(O)CCCC(C)C1. The van der Waals surface area contributed by atoms with Gasteiger partial charge in [-0.3, -0.25) is 0 Å². The van der Waals surface area contributed by atoms with E-state index in [2.05, 4.69) is 12.2 Å². The number of nitrogens with one attached hydrogen (secondary N) is 1. The van der Waals surface area contributed by atoms with Gasteiger partial charge in [0.2, 0.25) is 0 Å². The normalized spacial score (nSPS) is 28.1. The van der Waals surface area contributed by atoms with Crippen LogP contribution in [-0.4, -0.2) is 17.3 Å². The average Bonchev–Trinajstić information content (AvgIpc) is 2.27. The van der Waals surface area contributed by atoms with E-state index in [1.807, 2.05) is 25.1 Å². The first-order chi connectivity index (χ1) is 8.48. The zero-order chi connectivity index (χ0) is 13.2. The number of anilines is 2. The summed E-state index contributed by atoms with van der Waals surface area (Å²) in [6.07, 6.45) is 4.16. The van der Waals surface area contributed by atoms with Gasteiger partial charge in [0, 0.05) is 17.9 Å². The number of hydrogen-bond donors (Lipinski definition) is 3. The van der Waals surface area contributed by atoms with Crippen LogP contribution in [0.25, 0.3) is 0 Å². The van der Waals surface area contributed by atoms with Gasteiger partial charge in [0.05, 0.1) is 5.60 Å². The summed E-state index contributed by atoms with van der Waals surface area (Å²) in [4.78, 5) is 0. The second-order valence-electron chi connectivity index (χ2n) is 5.85. The Kier molecular flexibility index (Phi) is 3.81. The third-order valence-electron chi connectivity index (χ3n) is 3.93. The van der Waals surface area contributed by atoms with E-state index in [1.54, 1.807) is 0 Å². The lowest BCUT2D eigenvalue weighted by Gasteiger charge is -2.36. The molecule has 1 aromatic rings. The van der Waals surface area contributed by atoms with E-state index in [-0.39, 0.29) is 0 Å². The number of hydrogen-bond acceptors (Lipinski definition) is 3. The third kappa shape index (κ3) is 3.16. The Hall–Kier alpha value is -1.22. The number of aryl methyl sites for hydroxylation is 1. The molecule has 0 spiro atoms. The van der Waals surface area contributed by atoms with E-state index >= 15 is 0 Å². The number of rotatable bonds is 3. The van der Waals surface area contributed by atoms with E-state index in [1.165, 1.54) is 6.42 Å². The minimum Gasteiger partial charge on any atom is -0.399 e. The van der Waals surface area contributed by atoms with E-state index in [9.17, 15) is 5.11 Å². The van der Waals surface area contributed by atoms with Crippen LogP contribution in [0.15, 0.2) is 18.2 Å². The Bertz CT molecular complexity index is 419. The molecule has 0 aliphatic heterocycles. The van der Waals surface area contributed by atoms with Gasteiger partial charge in [-0.2, -0.15) is 0 Å². The Morgan fingerprint density at radius 3 is 2.94 bits per heavy atom. The van der Waals surface area contributed by atoms with E-state index in [4.69, 9.17) is 5.73 Å². The molecule has 1 aromatic carbocycles. The van der Waals surface area contributed by atoms with E-state index in [0.717, 1.165) is 36.2 Å². The van der Waals surface area contributed by atoms with Crippen LogP contribution < -0.4 is 11.1 Å². The molecule has 1 aliphatic rings. The van der Waals surface area contributed by atoms with Crippen LogP contribution in [0.1, 0.15) is 38.2 Å². The summed E-state index contributed by atoms with van der Waals surface area (Å²) in [6.45, 7) is 4.88. The van der Waals surface area contributed by atoms with Gasteiger partial charge in [-0.05, 0) is 49.4 Å². The first-order valence-electron chi connectivity index (χ1n) is 6.81. The van der Waals surface area contributed by atoms with Crippen molar-refractivity contribution in [2.75, 3.05) is 17.6 Å². The standard InChI is InChI=1S/C15H24N2O/c1-11-4-3-7-15(18,9-11)10-17-14-6-5-13(16)8-12(14)2/h5-6,8,11,17-18H,3-4,7,9-10,16H2,1-2H3. The Morgan fingerprint density at radius 1 is 1.50 bits per heavy atom. The van der Waals surface area contributed by atoms with Gasteiger partial charge < -0.3 is 16.2 Å². The van der Waals surface area contributed by atoms with Gasteiger partial charge in [-0.25, -0.2) is 0 Å². The van der Waals surface area contributed by atoms with Crippen LogP contribution in [-0.2, 0) is 0 Å². The molecule has 0 saturated heterocycles. The van der Waals surface area contributed by atoms with Gasteiger partial charge in [-0.1, -0.05) is 19.8 Å². The molecule has 0 radical (unpaired) electrons. The topological polar surface area (TPSA) is 58.3 Å².